The molecule has 1 saturated heterocycles. The third-order valence-electron chi connectivity index (χ3n) is 3.44. The van der Waals surface area contributed by atoms with Crippen molar-refractivity contribution in [2.75, 3.05) is 19.7 Å². The van der Waals surface area contributed by atoms with Crippen molar-refractivity contribution < 1.29 is 19.4 Å². The van der Waals surface area contributed by atoms with E-state index in [9.17, 15) is 9.59 Å². The van der Waals surface area contributed by atoms with E-state index < -0.39 is 11.9 Å². The highest BCUT2D eigenvalue weighted by atomic mass is 16.5. The molecule has 108 valence electrons. The number of carboxylic acids is 1. The lowest BCUT2D eigenvalue weighted by atomic mass is 10.1. The SMILES string of the molecule is O=C(O)[C@@H]1CCN(C(=O)CCCOc2ccccc2)C1. The Morgan fingerprint density at radius 1 is 1.30 bits per heavy atom. The molecule has 1 atom stereocenters. The number of ether oxygens (including phenoxy) is 1. The fourth-order valence-corrected chi connectivity index (χ4v) is 2.28. The zero-order valence-electron chi connectivity index (χ0n) is 11.3. The minimum atomic E-state index is -0.812. The monoisotopic (exact) mass is 277 g/mol. The number of amides is 1. The molecule has 1 heterocycles. The Labute approximate surface area is 118 Å². The molecule has 1 fully saturated rings. The largest absolute Gasteiger partial charge is 0.494 e. The summed E-state index contributed by atoms with van der Waals surface area (Å²) in [7, 11) is 0. The van der Waals surface area contributed by atoms with Gasteiger partial charge in [-0.05, 0) is 25.0 Å². The van der Waals surface area contributed by atoms with Gasteiger partial charge >= 0.3 is 5.97 Å². The Balaban J connectivity index is 1.65. The molecule has 0 saturated carbocycles. The average molecular weight is 277 g/mol. The molecule has 1 aliphatic rings. The van der Waals surface area contributed by atoms with Gasteiger partial charge in [0, 0.05) is 19.5 Å². The lowest BCUT2D eigenvalue weighted by Crippen LogP contribution is -2.30. The first-order valence-corrected chi connectivity index (χ1v) is 6.85. The van der Waals surface area contributed by atoms with Gasteiger partial charge in [-0.2, -0.15) is 0 Å². The molecule has 0 bridgehead atoms. The number of aliphatic carboxylic acids is 1. The summed E-state index contributed by atoms with van der Waals surface area (Å²) in [4.78, 5) is 24.4. The van der Waals surface area contributed by atoms with Crippen molar-refractivity contribution in [3.63, 3.8) is 0 Å². The van der Waals surface area contributed by atoms with Gasteiger partial charge in [-0.15, -0.1) is 0 Å². The molecule has 0 unspecified atom stereocenters. The van der Waals surface area contributed by atoms with E-state index in [-0.39, 0.29) is 5.91 Å². The number of carbonyl (C=O) groups is 2. The third-order valence-corrected chi connectivity index (χ3v) is 3.44. The quantitative estimate of drug-likeness (QED) is 0.805. The van der Waals surface area contributed by atoms with Crippen LogP contribution in [0.5, 0.6) is 5.75 Å². The van der Waals surface area contributed by atoms with Crippen LogP contribution in [0.15, 0.2) is 30.3 Å². The molecular weight excluding hydrogens is 258 g/mol. The topological polar surface area (TPSA) is 66.8 Å². The predicted molar refractivity (Wildman–Crippen MR) is 73.5 cm³/mol. The van der Waals surface area contributed by atoms with Crippen LogP contribution >= 0.6 is 0 Å². The van der Waals surface area contributed by atoms with Gasteiger partial charge < -0.3 is 14.7 Å². The van der Waals surface area contributed by atoms with Gasteiger partial charge in [0.05, 0.1) is 12.5 Å². The minimum absolute atomic E-state index is 0.0189. The molecular formula is C15H19NO4. The molecule has 2 rings (SSSR count). The highest BCUT2D eigenvalue weighted by Crippen LogP contribution is 2.17. The highest BCUT2D eigenvalue weighted by Gasteiger charge is 2.30. The van der Waals surface area contributed by atoms with Crippen LogP contribution in [0, 0.1) is 5.92 Å². The smallest absolute Gasteiger partial charge is 0.308 e. The van der Waals surface area contributed by atoms with Gasteiger partial charge in [-0.3, -0.25) is 9.59 Å². The Bertz CT molecular complexity index is 460. The fourth-order valence-electron chi connectivity index (χ4n) is 2.28. The number of likely N-dealkylation sites (tertiary alicyclic amines) is 1. The van der Waals surface area contributed by atoms with Crippen molar-refractivity contribution in [1.82, 2.24) is 4.90 Å². The number of benzene rings is 1. The second-order valence-corrected chi connectivity index (χ2v) is 4.93. The van der Waals surface area contributed by atoms with Crippen molar-refractivity contribution in [3.05, 3.63) is 30.3 Å². The van der Waals surface area contributed by atoms with E-state index in [4.69, 9.17) is 9.84 Å². The maximum atomic E-state index is 11.9. The van der Waals surface area contributed by atoms with Crippen LogP contribution in [-0.4, -0.2) is 41.6 Å². The number of hydrogen-bond donors (Lipinski definition) is 1. The number of carbonyl (C=O) groups excluding carboxylic acids is 1. The number of para-hydroxylation sites is 1. The molecule has 1 aromatic carbocycles. The van der Waals surface area contributed by atoms with Crippen LogP contribution in [0.4, 0.5) is 0 Å². The van der Waals surface area contributed by atoms with Crippen LogP contribution in [0.1, 0.15) is 19.3 Å². The summed E-state index contributed by atoms with van der Waals surface area (Å²) in [5.41, 5.74) is 0. The van der Waals surface area contributed by atoms with Gasteiger partial charge in [-0.1, -0.05) is 18.2 Å². The maximum absolute atomic E-state index is 11.9. The standard InChI is InChI=1S/C15H19NO4/c17-14(16-9-8-12(11-16)15(18)19)7-4-10-20-13-5-2-1-3-6-13/h1-3,5-6,12H,4,7-11H2,(H,18,19)/t12-/m1/s1. The first kappa shape index (κ1) is 14.4. The van der Waals surface area contributed by atoms with E-state index in [1.54, 1.807) is 4.90 Å². The molecule has 0 radical (unpaired) electrons. The molecule has 1 aromatic rings. The highest BCUT2D eigenvalue weighted by molar-refractivity contribution is 5.78. The molecule has 1 amide bonds. The van der Waals surface area contributed by atoms with Crippen LogP contribution in [0.2, 0.25) is 0 Å². The minimum Gasteiger partial charge on any atom is -0.494 e. The van der Waals surface area contributed by atoms with Crippen molar-refractivity contribution in [2.24, 2.45) is 5.92 Å². The first-order valence-electron chi connectivity index (χ1n) is 6.85. The molecule has 0 aromatic heterocycles. The van der Waals surface area contributed by atoms with Crippen LogP contribution in [-0.2, 0) is 9.59 Å². The van der Waals surface area contributed by atoms with E-state index >= 15 is 0 Å². The van der Waals surface area contributed by atoms with E-state index in [2.05, 4.69) is 0 Å². The van der Waals surface area contributed by atoms with Crippen molar-refractivity contribution in [2.45, 2.75) is 19.3 Å². The Morgan fingerprint density at radius 3 is 2.70 bits per heavy atom. The molecule has 0 spiro atoms. The Kier molecular flexibility index (Phi) is 4.98. The summed E-state index contributed by atoms with van der Waals surface area (Å²) in [6, 6.07) is 9.47. The van der Waals surface area contributed by atoms with E-state index in [0.717, 1.165) is 5.75 Å². The van der Waals surface area contributed by atoms with Crippen molar-refractivity contribution in [1.29, 1.82) is 0 Å². The molecule has 5 heteroatoms. The molecule has 1 N–H and O–H groups in total. The number of hydrogen-bond acceptors (Lipinski definition) is 3. The zero-order valence-corrected chi connectivity index (χ0v) is 11.3. The number of nitrogens with zero attached hydrogens (tertiary/aromatic N) is 1. The van der Waals surface area contributed by atoms with E-state index in [1.165, 1.54) is 0 Å². The lowest BCUT2D eigenvalue weighted by molar-refractivity contribution is -0.141. The zero-order chi connectivity index (χ0) is 14.4. The second kappa shape index (κ2) is 6.93. The van der Waals surface area contributed by atoms with Gasteiger partial charge in [0.1, 0.15) is 5.75 Å². The summed E-state index contributed by atoms with van der Waals surface area (Å²) in [5.74, 6) is -0.398. The summed E-state index contributed by atoms with van der Waals surface area (Å²) in [5, 5.41) is 8.90. The van der Waals surface area contributed by atoms with Crippen LogP contribution < -0.4 is 4.74 Å². The first-order chi connectivity index (χ1) is 9.66. The second-order valence-electron chi connectivity index (χ2n) is 4.93. The molecule has 0 aliphatic carbocycles. The lowest BCUT2D eigenvalue weighted by Gasteiger charge is -2.15. The number of rotatable bonds is 6. The summed E-state index contributed by atoms with van der Waals surface area (Å²) in [6.45, 7) is 1.38. The van der Waals surface area contributed by atoms with E-state index in [1.807, 2.05) is 30.3 Å². The summed E-state index contributed by atoms with van der Waals surface area (Å²) < 4.78 is 5.51. The third kappa shape index (κ3) is 3.98. The van der Waals surface area contributed by atoms with Crippen LogP contribution in [0.25, 0.3) is 0 Å². The summed E-state index contributed by atoms with van der Waals surface area (Å²) >= 11 is 0. The van der Waals surface area contributed by atoms with Crippen molar-refractivity contribution in [3.8, 4) is 5.75 Å². The molecule has 20 heavy (non-hydrogen) atoms. The normalized spacial score (nSPS) is 18.0. The van der Waals surface area contributed by atoms with E-state index in [0.29, 0.717) is 39.0 Å². The Hall–Kier alpha value is -2.04. The maximum Gasteiger partial charge on any atom is 0.308 e. The average Bonchev–Trinajstić information content (AvgIpc) is 2.94. The van der Waals surface area contributed by atoms with Gasteiger partial charge in [0.2, 0.25) is 5.91 Å². The number of carboxylic acid groups (broad SMARTS) is 1. The van der Waals surface area contributed by atoms with Gasteiger partial charge in [-0.25, -0.2) is 0 Å². The summed E-state index contributed by atoms with van der Waals surface area (Å²) in [6.07, 6.45) is 1.60. The van der Waals surface area contributed by atoms with Gasteiger partial charge in [0.15, 0.2) is 0 Å². The van der Waals surface area contributed by atoms with Gasteiger partial charge in [0.25, 0.3) is 0 Å². The predicted octanol–water partition coefficient (Wildman–Crippen LogP) is 1.78. The van der Waals surface area contributed by atoms with Crippen molar-refractivity contribution >= 4 is 11.9 Å². The van der Waals surface area contributed by atoms with Crippen LogP contribution in [0.3, 0.4) is 0 Å². The molecule has 1 aliphatic heterocycles. The Morgan fingerprint density at radius 2 is 2.05 bits per heavy atom. The molecule has 5 nitrogen and oxygen atoms in total. The fraction of sp³-hybridized carbons (Fsp3) is 0.467.